The third kappa shape index (κ3) is 4.20. The number of alkyl halides is 3. The number of halogens is 3. The molecule has 0 aromatic heterocycles. The summed E-state index contributed by atoms with van der Waals surface area (Å²) in [7, 11) is 0. The highest BCUT2D eigenvalue weighted by Gasteiger charge is 2.44. The third-order valence-electron chi connectivity index (χ3n) is 3.67. The minimum absolute atomic E-state index is 0.0174. The van der Waals surface area contributed by atoms with Gasteiger partial charge in [0.1, 0.15) is 0 Å². The van der Waals surface area contributed by atoms with Crippen LogP contribution in [0.5, 0.6) is 0 Å². The van der Waals surface area contributed by atoms with E-state index in [1.165, 1.54) is 6.07 Å². The predicted octanol–water partition coefficient (Wildman–Crippen LogP) is 2.66. The van der Waals surface area contributed by atoms with Crippen LogP contribution >= 0.6 is 0 Å². The summed E-state index contributed by atoms with van der Waals surface area (Å²) in [4.78, 5) is 11.9. The first-order chi connectivity index (χ1) is 9.79. The fourth-order valence-corrected chi connectivity index (χ4v) is 2.35. The normalized spacial score (nSPS) is 22.7. The van der Waals surface area contributed by atoms with Crippen molar-refractivity contribution in [3.63, 3.8) is 0 Å². The van der Waals surface area contributed by atoms with Crippen molar-refractivity contribution in [1.29, 1.82) is 0 Å². The molecule has 1 aromatic carbocycles. The van der Waals surface area contributed by atoms with E-state index < -0.39 is 11.7 Å². The molecule has 0 radical (unpaired) electrons. The number of hydrogen-bond donors (Lipinski definition) is 2. The summed E-state index contributed by atoms with van der Waals surface area (Å²) in [5.74, 6) is -0.428. The van der Waals surface area contributed by atoms with Gasteiger partial charge >= 0.3 is 6.18 Å². The second-order valence-electron chi connectivity index (χ2n) is 5.63. The van der Waals surface area contributed by atoms with Crippen molar-refractivity contribution in [3.05, 3.63) is 35.4 Å². The molecule has 0 spiro atoms. The summed E-state index contributed by atoms with van der Waals surface area (Å²) >= 11 is 0. The van der Waals surface area contributed by atoms with Gasteiger partial charge in [-0.1, -0.05) is 18.2 Å². The molecule has 1 aliphatic carbocycles. The maximum Gasteiger partial charge on any atom is 0.416 e. The van der Waals surface area contributed by atoms with E-state index in [0.29, 0.717) is 24.9 Å². The Morgan fingerprint density at radius 3 is 2.81 bits per heavy atom. The van der Waals surface area contributed by atoms with Crippen molar-refractivity contribution < 1.29 is 18.0 Å². The quantitative estimate of drug-likeness (QED) is 0.878. The first-order valence-corrected chi connectivity index (χ1v) is 6.99. The van der Waals surface area contributed by atoms with Crippen LogP contribution in [-0.2, 0) is 11.0 Å². The van der Waals surface area contributed by atoms with E-state index in [1.807, 2.05) is 6.92 Å². The zero-order valence-corrected chi connectivity index (χ0v) is 11.8. The van der Waals surface area contributed by atoms with Crippen LogP contribution in [0.1, 0.15) is 36.8 Å². The van der Waals surface area contributed by atoms with E-state index in [1.54, 1.807) is 6.07 Å². The summed E-state index contributed by atoms with van der Waals surface area (Å²) in [6.45, 7) is 2.36. The largest absolute Gasteiger partial charge is 0.416 e. The van der Waals surface area contributed by atoms with Gasteiger partial charge < -0.3 is 11.1 Å². The molecule has 2 rings (SSSR count). The molecule has 1 aliphatic rings. The van der Waals surface area contributed by atoms with Crippen molar-refractivity contribution in [3.8, 4) is 0 Å². The molecule has 21 heavy (non-hydrogen) atoms. The SMILES string of the molecule is CC(N)CCNC(=O)C1CC1c1cccc(C(F)(F)F)c1. The highest BCUT2D eigenvalue weighted by molar-refractivity contribution is 5.82. The van der Waals surface area contributed by atoms with Gasteiger partial charge in [0.05, 0.1) is 5.56 Å². The lowest BCUT2D eigenvalue weighted by Gasteiger charge is -2.09. The molecule has 3 unspecified atom stereocenters. The maximum atomic E-state index is 12.7. The summed E-state index contributed by atoms with van der Waals surface area (Å²) < 4.78 is 38.0. The Kier molecular flexibility index (Phi) is 4.56. The van der Waals surface area contributed by atoms with Crippen molar-refractivity contribution in [2.75, 3.05) is 6.54 Å². The number of carbonyl (C=O) groups is 1. The summed E-state index contributed by atoms with van der Waals surface area (Å²) in [5.41, 5.74) is 5.51. The number of nitrogens with two attached hydrogens (primary N) is 1. The average molecular weight is 300 g/mol. The smallest absolute Gasteiger partial charge is 0.356 e. The van der Waals surface area contributed by atoms with Gasteiger partial charge in [-0.3, -0.25) is 4.79 Å². The van der Waals surface area contributed by atoms with Crippen molar-refractivity contribution >= 4 is 5.91 Å². The second-order valence-corrected chi connectivity index (χ2v) is 5.63. The van der Waals surface area contributed by atoms with E-state index in [-0.39, 0.29) is 23.8 Å². The van der Waals surface area contributed by atoms with Crippen LogP contribution in [0.2, 0.25) is 0 Å². The Labute approximate surface area is 121 Å². The molecule has 3 nitrogen and oxygen atoms in total. The molecule has 1 aromatic rings. The summed E-state index contributed by atoms with van der Waals surface area (Å²) in [5, 5.41) is 2.78. The molecule has 0 heterocycles. The fourth-order valence-electron chi connectivity index (χ4n) is 2.35. The standard InChI is InChI=1S/C15H19F3N2O/c1-9(19)5-6-20-14(21)13-8-12(13)10-3-2-4-11(7-10)15(16,17)18/h2-4,7,9,12-13H,5-6,8,19H2,1H3,(H,20,21). The lowest BCUT2D eigenvalue weighted by atomic mass is 10.1. The number of benzene rings is 1. The lowest BCUT2D eigenvalue weighted by Crippen LogP contribution is -2.30. The van der Waals surface area contributed by atoms with Gasteiger partial charge in [-0.15, -0.1) is 0 Å². The number of carbonyl (C=O) groups excluding carboxylic acids is 1. The van der Waals surface area contributed by atoms with Crippen LogP contribution in [0, 0.1) is 5.92 Å². The van der Waals surface area contributed by atoms with Crippen molar-refractivity contribution in [1.82, 2.24) is 5.32 Å². The molecular weight excluding hydrogens is 281 g/mol. The van der Waals surface area contributed by atoms with Crippen LogP contribution in [0.15, 0.2) is 24.3 Å². The minimum Gasteiger partial charge on any atom is -0.356 e. The summed E-state index contributed by atoms with van der Waals surface area (Å²) in [6, 6.07) is 5.24. The molecule has 116 valence electrons. The molecule has 0 bridgehead atoms. The molecule has 0 saturated heterocycles. The Bertz CT molecular complexity index is 514. The van der Waals surface area contributed by atoms with Gasteiger partial charge in [0.25, 0.3) is 0 Å². The monoisotopic (exact) mass is 300 g/mol. The Balaban J connectivity index is 1.92. The molecule has 0 aliphatic heterocycles. The molecule has 3 atom stereocenters. The van der Waals surface area contributed by atoms with Gasteiger partial charge in [-0.05, 0) is 37.3 Å². The van der Waals surface area contributed by atoms with E-state index in [9.17, 15) is 18.0 Å². The average Bonchev–Trinajstić information content (AvgIpc) is 3.17. The van der Waals surface area contributed by atoms with E-state index in [0.717, 1.165) is 12.1 Å². The number of nitrogens with one attached hydrogen (secondary N) is 1. The fraction of sp³-hybridized carbons (Fsp3) is 0.533. The zero-order chi connectivity index (χ0) is 15.6. The number of amides is 1. The molecule has 6 heteroatoms. The van der Waals surface area contributed by atoms with Gasteiger partial charge in [0.2, 0.25) is 5.91 Å². The van der Waals surface area contributed by atoms with Gasteiger partial charge in [0, 0.05) is 18.5 Å². The lowest BCUT2D eigenvalue weighted by molar-refractivity contribution is -0.137. The maximum absolute atomic E-state index is 12.7. The molecule has 1 saturated carbocycles. The van der Waals surface area contributed by atoms with Gasteiger partial charge in [-0.2, -0.15) is 13.2 Å². The Morgan fingerprint density at radius 2 is 2.19 bits per heavy atom. The Hall–Kier alpha value is -1.56. The van der Waals surface area contributed by atoms with E-state index in [4.69, 9.17) is 5.73 Å². The molecule has 1 amide bonds. The van der Waals surface area contributed by atoms with E-state index >= 15 is 0 Å². The predicted molar refractivity (Wildman–Crippen MR) is 73.6 cm³/mol. The topological polar surface area (TPSA) is 55.1 Å². The van der Waals surface area contributed by atoms with Gasteiger partial charge in [0.15, 0.2) is 0 Å². The highest BCUT2D eigenvalue weighted by Crippen LogP contribution is 2.48. The van der Waals surface area contributed by atoms with Crippen LogP contribution in [0.25, 0.3) is 0 Å². The molecular formula is C15H19F3N2O. The van der Waals surface area contributed by atoms with Crippen molar-refractivity contribution in [2.24, 2.45) is 11.7 Å². The van der Waals surface area contributed by atoms with Crippen molar-refractivity contribution in [2.45, 2.75) is 37.9 Å². The summed E-state index contributed by atoms with van der Waals surface area (Å²) in [6.07, 6.45) is -3.06. The van der Waals surface area contributed by atoms with Crippen LogP contribution in [0.4, 0.5) is 13.2 Å². The van der Waals surface area contributed by atoms with Crippen LogP contribution in [-0.4, -0.2) is 18.5 Å². The first-order valence-electron chi connectivity index (χ1n) is 6.99. The van der Waals surface area contributed by atoms with Gasteiger partial charge in [-0.25, -0.2) is 0 Å². The van der Waals surface area contributed by atoms with Crippen LogP contribution < -0.4 is 11.1 Å². The third-order valence-corrected chi connectivity index (χ3v) is 3.67. The van der Waals surface area contributed by atoms with E-state index in [2.05, 4.69) is 5.32 Å². The molecule has 3 N–H and O–H groups in total. The first kappa shape index (κ1) is 15.8. The number of hydrogen-bond acceptors (Lipinski definition) is 2. The van der Waals surface area contributed by atoms with Crippen LogP contribution in [0.3, 0.4) is 0 Å². The highest BCUT2D eigenvalue weighted by atomic mass is 19.4. The molecule has 1 fully saturated rings. The Morgan fingerprint density at radius 1 is 1.48 bits per heavy atom. The zero-order valence-electron chi connectivity index (χ0n) is 11.8. The number of rotatable bonds is 5. The second kappa shape index (κ2) is 6.05. The minimum atomic E-state index is -4.35.